The molecule has 1 amide bonds. The molecule has 0 bridgehead atoms. The molecule has 2 aromatic heterocycles. The van der Waals surface area contributed by atoms with Crippen LogP contribution in [-0.4, -0.2) is 12.0 Å². The lowest BCUT2D eigenvalue weighted by atomic mass is 10.2. The number of carbonyl (C=O) groups is 1. The second-order valence-electron chi connectivity index (χ2n) is 6.32. The van der Waals surface area contributed by atoms with Crippen LogP contribution in [0.25, 0.3) is 22.5 Å². The lowest BCUT2D eigenvalue weighted by Gasteiger charge is -2.16. The number of hydrogen-bond donors (Lipinski definition) is 1. The SMILES string of the molecule is C[C@H](Oc1c(-c2ccco2)oc2ccc(Cl)cc2c1=O)C(=O)Nc1ccccc1. The van der Waals surface area contributed by atoms with Crippen LogP contribution in [0.3, 0.4) is 0 Å². The van der Waals surface area contributed by atoms with Crippen molar-refractivity contribution in [2.24, 2.45) is 0 Å². The maximum Gasteiger partial charge on any atom is 0.265 e. The first-order chi connectivity index (χ1) is 14.0. The van der Waals surface area contributed by atoms with Crippen LogP contribution in [0, 0.1) is 0 Å². The number of furan rings is 1. The molecule has 0 unspecified atom stereocenters. The summed E-state index contributed by atoms with van der Waals surface area (Å²) in [5.74, 6) is -0.114. The van der Waals surface area contributed by atoms with E-state index in [1.807, 2.05) is 6.07 Å². The summed E-state index contributed by atoms with van der Waals surface area (Å²) in [7, 11) is 0. The molecular weight excluding hydrogens is 394 g/mol. The molecule has 4 aromatic rings. The molecule has 0 aliphatic rings. The predicted octanol–water partition coefficient (Wildman–Crippen LogP) is 5.11. The monoisotopic (exact) mass is 409 g/mol. The number of carbonyl (C=O) groups excluding carboxylic acids is 1. The van der Waals surface area contributed by atoms with E-state index in [9.17, 15) is 9.59 Å². The highest BCUT2D eigenvalue weighted by atomic mass is 35.5. The first-order valence-corrected chi connectivity index (χ1v) is 9.23. The summed E-state index contributed by atoms with van der Waals surface area (Å²) in [4.78, 5) is 25.6. The number of ether oxygens (including phenoxy) is 1. The Labute approximate surface area is 170 Å². The normalized spacial score (nSPS) is 11.9. The molecule has 0 spiro atoms. The van der Waals surface area contributed by atoms with E-state index < -0.39 is 17.4 Å². The van der Waals surface area contributed by atoms with Gasteiger partial charge in [-0.1, -0.05) is 29.8 Å². The van der Waals surface area contributed by atoms with Crippen molar-refractivity contribution in [3.05, 3.63) is 82.2 Å². The fraction of sp³-hybridized carbons (Fsp3) is 0.0909. The van der Waals surface area contributed by atoms with Gasteiger partial charge in [0.15, 0.2) is 11.9 Å². The molecule has 7 heteroatoms. The maximum atomic E-state index is 13.1. The second-order valence-corrected chi connectivity index (χ2v) is 6.76. The van der Waals surface area contributed by atoms with E-state index in [0.717, 1.165) is 0 Å². The minimum Gasteiger partial charge on any atom is -0.473 e. The minimum atomic E-state index is -0.969. The molecule has 1 N–H and O–H groups in total. The molecule has 0 aliphatic carbocycles. The van der Waals surface area contributed by atoms with Crippen LogP contribution < -0.4 is 15.5 Å². The quantitative estimate of drug-likeness (QED) is 0.495. The lowest BCUT2D eigenvalue weighted by molar-refractivity contribution is -0.122. The van der Waals surface area contributed by atoms with Gasteiger partial charge in [0.2, 0.25) is 16.9 Å². The Hall–Kier alpha value is -3.51. The number of amides is 1. The maximum absolute atomic E-state index is 13.1. The highest BCUT2D eigenvalue weighted by Gasteiger charge is 2.24. The van der Waals surface area contributed by atoms with Gasteiger partial charge in [-0.3, -0.25) is 9.59 Å². The van der Waals surface area contributed by atoms with Crippen LogP contribution in [-0.2, 0) is 4.79 Å². The van der Waals surface area contributed by atoms with Gasteiger partial charge in [0, 0.05) is 10.7 Å². The first-order valence-electron chi connectivity index (χ1n) is 8.86. The van der Waals surface area contributed by atoms with Gasteiger partial charge in [-0.15, -0.1) is 0 Å². The van der Waals surface area contributed by atoms with Crippen LogP contribution in [0.15, 0.2) is 80.6 Å². The third-order valence-electron chi connectivity index (χ3n) is 4.26. The summed E-state index contributed by atoms with van der Waals surface area (Å²) in [6.45, 7) is 1.55. The molecule has 1 atom stereocenters. The van der Waals surface area contributed by atoms with Crippen molar-refractivity contribution in [3.8, 4) is 17.3 Å². The van der Waals surface area contributed by atoms with Gasteiger partial charge in [0.25, 0.3) is 5.91 Å². The Morgan fingerprint density at radius 1 is 1.10 bits per heavy atom. The summed E-state index contributed by atoms with van der Waals surface area (Å²) in [5.41, 5.74) is 0.510. The van der Waals surface area contributed by atoms with Gasteiger partial charge in [-0.25, -0.2) is 0 Å². The van der Waals surface area contributed by atoms with Crippen LogP contribution in [0.2, 0.25) is 5.02 Å². The minimum absolute atomic E-state index is 0.106. The molecule has 2 heterocycles. The Morgan fingerprint density at radius 3 is 2.62 bits per heavy atom. The van der Waals surface area contributed by atoms with Gasteiger partial charge in [-0.2, -0.15) is 0 Å². The number of rotatable bonds is 5. The molecule has 146 valence electrons. The number of anilines is 1. The molecule has 0 radical (unpaired) electrons. The van der Waals surface area contributed by atoms with Crippen molar-refractivity contribution < 1.29 is 18.4 Å². The van der Waals surface area contributed by atoms with Gasteiger partial charge in [0.1, 0.15) is 5.58 Å². The zero-order chi connectivity index (χ0) is 20.4. The van der Waals surface area contributed by atoms with Crippen molar-refractivity contribution >= 4 is 34.2 Å². The average molecular weight is 410 g/mol. The van der Waals surface area contributed by atoms with E-state index in [4.69, 9.17) is 25.2 Å². The molecule has 0 saturated heterocycles. The summed E-state index contributed by atoms with van der Waals surface area (Å²) in [5, 5.41) is 3.37. The molecule has 0 saturated carbocycles. The first kappa shape index (κ1) is 18.8. The van der Waals surface area contributed by atoms with E-state index in [-0.39, 0.29) is 16.9 Å². The standard InChI is InChI=1S/C22H16ClNO5/c1-13(22(26)24-15-6-3-2-4-7-15)28-21-19(25)16-12-14(23)9-10-17(16)29-20(21)18-8-5-11-27-18/h2-13H,1H3,(H,24,26)/t13-/m0/s1. The van der Waals surface area contributed by atoms with E-state index in [0.29, 0.717) is 22.1 Å². The van der Waals surface area contributed by atoms with E-state index in [1.165, 1.54) is 12.3 Å². The number of nitrogens with one attached hydrogen (secondary N) is 1. The third kappa shape index (κ3) is 3.88. The second kappa shape index (κ2) is 7.85. The number of fused-ring (bicyclic) bond motifs is 1. The lowest BCUT2D eigenvalue weighted by Crippen LogP contribution is -2.31. The van der Waals surface area contributed by atoms with E-state index in [1.54, 1.807) is 55.5 Å². The van der Waals surface area contributed by atoms with Crippen molar-refractivity contribution in [2.75, 3.05) is 5.32 Å². The van der Waals surface area contributed by atoms with Crippen LogP contribution in [0.5, 0.6) is 5.75 Å². The van der Waals surface area contributed by atoms with Gasteiger partial charge >= 0.3 is 0 Å². The van der Waals surface area contributed by atoms with Gasteiger partial charge < -0.3 is 18.9 Å². The Balaban J connectivity index is 1.73. The molecule has 2 aromatic carbocycles. The summed E-state index contributed by atoms with van der Waals surface area (Å²) in [6, 6.07) is 17.0. The average Bonchev–Trinajstić information content (AvgIpc) is 3.25. The van der Waals surface area contributed by atoms with E-state index in [2.05, 4.69) is 5.32 Å². The summed E-state index contributed by atoms with van der Waals surface area (Å²) in [6.07, 6.45) is 0.486. The predicted molar refractivity (Wildman–Crippen MR) is 110 cm³/mol. The zero-order valence-electron chi connectivity index (χ0n) is 15.3. The molecular formula is C22H16ClNO5. The van der Waals surface area contributed by atoms with E-state index >= 15 is 0 Å². The van der Waals surface area contributed by atoms with Crippen LogP contribution >= 0.6 is 11.6 Å². The molecule has 6 nitrogen and oxygen atoms in total. The smallest absolute Gasteiger partial charge is 0.265 e. The number of hydrogen-bond acceptors (Lipinski definition) is 5. The third-order valence-corrected chi connectivity index (χ3v) is 4.50. The number of halogens is 1. The highest BCUT2D eigenvalue weighted by Crippen LogP contribution is 2.32. The zero-order valence-corrected chi connectivity index (χ0v) is 16.1. The van der Waals surface area contributed by atoms with Gasteiger partial charge in [-0.05, 0) is 49.4 Å². The van der Waals surface area contributed by atoms with Gasteiger partial charge in [0.05, 0.1) is 11.6 Å². The summed E-state index contributed by atoms with van der Waals surface area (Å²) >= 11 is 6.02. The number of para-hydroxylation sites is 1. The van der Waals surface area contributed by atoms with Crippen LogP contribution in [0.1, 0.15) is 6.92 Å². The molecule has 29 heavy (non-hydrogen) atoms. The molecule has 4 rings (SSSR count). The topological polar surface area (TPSA) is 81.7 Å². The van der Waals surface area contributed by atoms with Crippen molar-refractivity contribution in [1.82, 2.24) is 0 Å². The Kier molecular flexibility index (Phi) is 5.10. The van der Waals surface area contributed by atoms with Crippen molar-refractivity contribution in [2.45, 2.75) is 13.0 Å². The van der Waals surface area contributed by atoms with Crippen molar-refractivity contribution in [1.29, 1.82) is 0 Å². The fourth-order valence-corrected chi connectivity index (χ4v) is 3.00. The van der Waals surface area contributed by atoms with Crippen LogP contribution in [0.4, 0.5) is 5.69 Å². The number of benzene rings is 2. The largest absolute Gasteiger partial charge is 0.473 e. The Bertz CT molecular complexity index is 1220. The summed E-state index contributed by atoms with van der Waals surface area (Å²) < 4.78 is 17.0. The molecule has 0 fully saturated rings. The molecule has 0 aliphatic heterocycles. The highest BCUT2D eigenvalue weighted by molar-refractivity contribution is 6.31. The fourth-order valence-electron chi connectivity index (χ4n) is 2.82. The van der Waals surface area contributed by atoms with Crippen molar-refractivity contribution in [3.63, 3.8) is 0 Å². The Morgan fingerprint density at radius 2 is 1.90 bits per heavy atom.